The lowest BCUT2D eigenvalue weighted by atomic mass is 10.1. The van der Waals surface area contributed by atoms with Gasteiger partial charge in [0.1, 0.15) is 12.2 Å². The summed E-state index contributed by atoms with van der Waals surface area (Å²) in [6, 6.07) is 0. The highest BCUT2D eigenvalue weighted by atomic mass is 33.2. The maximum Gasteiger partial charge on any atom is 0.330 e. The standard InChI is InChI=1S/C18H30FN2O5PS3Si/c1-11-9-21(17(23)20-15(11)22)16-13(19)14(26-31(5,6)18(2,3)4)12(25-16)10-24-27(28)29-7-8-30-27/h9,12-14,16H,7-8,10H2,1-6H3,(H,20,22,23)/t12-,13-,14-,16-/m1/s1. The number of nitrogens with one attached hydrogen (secondary N) is 1. The average molecular weight is 529 g/mol. The first-order chi connectivity index (χ1) is 14.2. The minimum atomic E-state index is -2.34. The van der Waals surface area contributed by atoms with Gasteiger partial charge in [0.25, 0.3) is 5.56 Å². The molecule has 2 aliphatic heterocycles. The Morgan fingerprint density at radius 1 is 1.35 bits per heavy atom. The van der Waals surface area contributed by atoms with Crippen LogP contribution in [0.3, 0.4) is 0 Å². The highest BCUT2D eigenvalue weighted by Gasteiger charge is 2.52. The molecular formula is C18H30FN2O5PS3Si. The first-order valence-electron chi connectivity index (χ1n) is 10.1. The van der Waals surface area contributed by atoms with Crippen LogP contribution in [0.2, 0.25) is 18.1 Å². The van der Waals surface area contributed by atoms with Gasteiger partial charge >= 0.3 is 5.69 Å². The molecule has 1 aromatic rings. The van der Waals surface area contributed by atoms with Crippen molar-refractivity contribution in [2.24, 2.45) is 0 Å². The molecule has 176 valence electrons. The van der Waals surface area contributed by atoms with Crippen LogP contribution in [0.15, 0.2) is 15.8 Å². The first-order valence-corrected chi connectivity index (χ1v) is 18.9. The van der Waals surface area contributed by atoms with E-state index in [4.69, 9.17) is 25.5 Å². The molecule has 0 spiro atoms. The van der Waals surface area contributed by atoms with Crippen molar-refractivity contribution in [3.63, 3.8) is 0 Å². The number of alkyl halides is 1. The van der Waals surface area contributed by atoms with Gasteiger partial charge in [-0.3, -0.25) is 14.3 Å². The Balaban J connectivity index is 1.90. The monoisotopic (exact) mass is 528 g/mol. The van der Waals surface area contributed by atoms with Crippen LogP contribution >= 0.6 is 27.4 Å². The van der Waals surface area contributed by atoms with E-state index in [1.54, 1.807) is 29.7 Å². The number of hydrogen-bond donors (Lipinski definition) is 1. The molecule has 0 amide bonds. The molecule has 2 aliphatic rings. The fourth-order valence-corrected chi connectivity index (χ4v) is 13.2. The van der Waals surface area contributed by atoms with Crippen LogP contribution in [0.4, 0.5) is 4.39 Å². The van der Waals surface area contributed by atoms with Crippen molar-refractivity contribution >= 4 is 47.6 Å². The molecule has 0 aliphatic carbocycles. The molecule has 0 unspecified atom stereocenters. The van der Waals surface area contributed by atoms with Crippen molar-refractivity contribution in [3.05, 3.63) is 32.6 Å². The lowest BCUT2D eigenvalue weighted by molar-refractivity contribution is -0.0415. The highest BCUT2D eigenvalue weighted by Crippen LogP contribution is 2.74. The zero-order valence-electron chi connectivity index (χ0n) is 18.5. The summed E-state index contributed by atoms with van der Waals surface area (Å²) in [7, 11) is -2.34. The number of hydrogen-bond acceptors (Lipinski definition) is 8. The highest BCUT2D eigenvalue weighted by molar-refractivity contribution is 9.00. The fraction of sp³-hybridized carbons (Fsp3) is 0.778. The summed E-state index contributed by atoms with van der Waals surface area (Å²) in [6.45, 7) is 12.0. The SMILES string of the molecule is Cc1cn([C@@H]2O[C@H](COP3(=S)SCCS3)[C@@H](O[Si](C)(C)C(C)(C)C)[C@H]2F)c(=O)[nH]c1=O. The molecule has 0 saturated carbocycles. The van der Waals surface area contributed by atoms with E-state index in [1.165, 1.54) is 6.20 Å². The van der Waals surface area contributed by atoms with E-state index >= 15 is 4.39 Å². The molecule has 1 aromatic heterocycles. The van der Waals surface area contributed by atoms with E-state index in [0.29, 0.717) is 5.56 Å². The second-order valence-corrected chi connectivity index (χ2v) is 24.7. The van der Waals surface area contributed by atoms with Crippen molar-refractivity contribution in [2.45, 2.75) is 70.4 Å². The van der Waals surface area contributed by atoms with Gasteiger partial charge in [0, 0.05) is 23.3 Å². The number of aryl methyl sites for hydroxylation is 1. The van der Waals surface area contributed by atoms with Crippen LogP contribution in [0.25, 0.3) is 0 Å². The van der Waals surface area contributed by atoms with Crippen LogP contribution in [-0.2, 0) is 25.5 Å². The fourth-order valence-electron chi connectivity index (χ4n) is 3.06. The molecule has 2 fully saturated rings. The van der Waals surface area contributed by atoms with Gasteiger partial charge in [0.15, 0.2) is 25.4 Å². The van der Waals surface area contributed by atoms with Crippen molar-refractivity contribution in [2.75, 3.05) is 18.1 Å². The zero-order valence-corrected chi connectivity index (χ0v) is 22.9. The van der Waals surface area contributed by atoms with Gasteiger partial charge in [-0.25, -0.2) is 9.18 Å². The summed E-state index contributed by atoms with van der Waals surface area (Å²) in [5, 5.41) is -0.134. The summed E-state index contributed by atoms with van der Waals surface area (Å²) in [5.74, 6) is 1.88. The van der Waals surface area contributed by atoms with E-state index in [-0.39, 0.29) is 11.6 Å². The summed E-state index contributed by atoms with van der Waals surface area (Å²) in [5.41, 5.74) is -0.923. The zero-order chi connectivity index (χ0) is 23.2. The predicted octanol–water partition coefficient (Wildman–Crippen LogP) is 4.19. The average Bonchev–Trinajstić information content (AvgIpc) is 3.21. The van der Waals surface area contributed by atoms with E-state index in [1.807, 2.05) is 13.1 Å². The number of aromatic nitrogens is 2. The van der Waals surface area contributed by atoms with Gasteiger partial charge in [0.2, 0.25) is 0 Å². The molecule has 13 heteroatoms. The third-order valence-corrected chi connectivity index (χ3v) is 20.2. The number of rotatable bonds is 6. The smallest absolute Gasteiger partial charge is 0.330 e. The molecule has 3 heterocycles. The molecule has 0 radical (unpaired) electrons. The molecule has 4 atom stereocenters. The van der Waals surface area contributed by atoms with E-state index in [2.05, 4.69) is 25.8 Å². The number of ether oxygens (including phenoxy) is 1. The summed E-state index contributed by atoms with van der Waals surface area (Å²) in [6.07, 6.45) is -3.10. The van der Waals surface area contributed by atoms with E-state index < -0.39 is 48.8 Å². The molecule has 3 rings (SSSR count). The number of H-pyrrole nitrogens is 1. The third kappa shape index (κ3) is 5.59. The maximum absolute atomic E-state index is 15.8. The van der Waals surface area contributed by atoms with Crippen molar-refractivity contribution < 1.29 is 18.1 Å². The third-order valence-electron chi connectivity index (χ3n) is 5.90. The van der Waals surface area contributed by atoms with Gasteiger partial charge in [-0.15, -0.1) is 0 Å². The topological polar surface area (TPSA) is 82.6 Å². The molecule has 0 aromatic carbocycles. The number of nitrogens with zero attached hydrogens (tertiary/aromatic N) is 1. The molecule has 0 bridgehead atoms. The van der Waals surface area contributed by atoms with Crippen molar-refractivity contribution in [1.29, 1.82) is 0 Å². The van der Waals surface area contributed by atoms with Gasteiger partial charge in [-0.2, -0.15) is 0 Å². The van der Waals surface area contributed by atoms with Gasteiger partial charge < -0.3 is 13.7 Å². The second kappa shape index (κ2) is 9.36. The van der Waals surface area contributed by atoms with Crippen molar-refractivity contribution in [3.8, 4) is 0 Å². The lowest BCUT2D eigenvalue weighted by Gasteiger charge is -2.39. The van der Waals surface area contributed by atoms with Gasteiger partial charge in [-0.1, -0.05) is 43.5 Å². The first kappa shape index (κ1) is 25.7. The number of aromatic amines is 1. The molecule has 2 saturated heterocycles. The second-order valence-electron chi connectivity index (χ2n) is 9.24. The quantitative estimate of drug-likeness (QED) is 0.435. The Kier molecular flexibility index (Phi) is 7.76. The Bertz CT molecular complexity index is 972. The van der Waals surface area contributed by atoms with Crippen LogP contribution in [0, 0.1) is 6.92 Å². The van der Waals surface area contributed by atoms with E-state index in [0.717, 1.165) is 16.1 Å². The maximum atomic E-state index is 15.8. The van der Waals surface area contributed by atoms with Crippen LogP contribution in [0.1, 0.15) is 32.6 Å². The Hall–Kier alpha value is 0.0569. The van der Waals surface area contributed by atoms with Gasteiger partial charge in [0.05, 0.1) is 6.61 Å². The molecule has 31 heavy (non-hydrogen) atoms. The largest absolute Gasteiger partial charge is 0.408 e. The Morgan fingerprint density at radius 2 is 1.97 bits per heavy atom. The van der Waals surface area contributed by atoms with Crippen molar-refractivity contribution in [1.82, 2.24) is 9.55 Å². The van der Waals surface area contributed by atoms with Crippen LogP contribution < -0.4 is 11.2 Å². The van der Waals surface area contributed by atoms with E-state index in [9.17, 15) is 9.59 Å². The predicted molar refractivity (Wildman–Crippen MR) is 132 cm³/mol. The molecule has 1 N–H and O–H groups in total. The lowest BCUT2D eigenvalue weighted by Crippen LogP contribution is -2.49. The Morgan fingerprint density at radius 3 is 2.55 bits per heavy atom. The molecule has 7 nitrogen and oxygen atoms in total. The van der Waals surface area contributed by atoms with Gasteiger partial charge in [-0.05, 0) is 36.9 Å². The summed E-state index contributed by atoms with van der Waals surface area (Å²) < 4.78 is 33.3. The van der Waals surface area contributed by atoms with Crippen LogP contribution in [0.5, 0.6) is 0 Å². The minimum Gasteiger partial charge on any atom is -0.408 e. The Labute approximate surface area is 195 Å². The minimum absolute atomic E-state index is 0.102. The normalized spacial score (nSPS) is 28.9. The number of halogens is 1. The summed E-state index contributed by atoms with van der Waals surface area (Å²) >= 11 is 8.93. The molecular weight excluding hydrogens is 498 g/mol. The van der Waals surface area contributed by atoms with Crippen LogP contribution in [-0.4, -0.2) is 54.4 Å². The summed E-state index contributed by atoms with van der Waals surface area (Å²) in [4.78, 5) is 26.3.